The van der Waals surface area contributed by atoms with Gasteiger partial charge in [-0.3, -0.25) is 0 Å². The maximum absolute atomic E-state index is 13.4. The van der Waals surface area contributed by atoms with Crippen LogP contribution in [0.15, 0.2) is 73.3 Å². The van der Waals surface area contributed by atoms with Crippen LogP contribution >= 0.6 is 0 Å². The molecular weight excluding hydrogens is 931 g/mol. The van der Waals surface area contributed by atoms with E-state index in [0.717, 1.165) is 149 Å². The lowest BCUT2D eigenvalue weighted by Gasteiger charge is -2.38. The average Bonchev–Trinajstić information content (AvgIpc) is 3.96. The zero-order valence-electron chi connectivity index (χ0n) is 40.9. The van der Waals surface area contributed by atoms with Gasteiger partial charge in [0.2, 0.25) is 0 Å². The number of aromatic nitrogens is 10. The summed E-state index contributed by atoms with van der Waals surface area (Å²) in [5.41, 5.74) is 2.12. The van der Waals surface area contributed by atoms with Crippen molar-refractivity contribution in [3.63, 3.8) is 0 Å². The molecule has 18 heteroatoms. The van der Waals surface area contributed by atoms with E-state index in [0.29, 0.717) is 46.6 Å². The Bertz CT molecular complexity index is 2640. The lowest BCUT2D eigenvalue weighted by Crippen LogP contribution is -2.43. The normalized spacial score (nSPS) is 26.1. The molecule has 2 saturated carbocycles. The van der Waals surface area contributed by atoms with E-state index in [2.05, 4.69) is 41.9 Å². The summed E-state index contributed by atoms with van der Waals surface area (Å²) in [7, 11) is 0. The smallest absolute Gasteiger partial charge is 0.356 e. The number of alkyl halides is 6. The summed E-state index contributed by atoms with van der Waals surface area (Å²) >= 11 is 0. The average molecular weight is 993 g/mol. The summed E-state index contributed by atoms with van der Waals surface area (Å²) in [6, 6.07) is 15.6. The SMILES string of the molecule is Cc1cc(N2C[C@H]3CC[C@@H](C2)C3Cc2nc3n(n2)CCCC[C@@H]3c2cccc(C(F)(F)F)c2)ncn1.Cc1cc(N2C[C@H]3CC[C@@H](C2)C3Cc2nc3n(n2)CCCC[C@H]3c2cccc(C(F)(F)F)c2)ncn1. The van der Waals surface area contributed by atoms with Gasteiger partial charge in [0.15, 0.2) is 11.6 Å². The predicted octanol–water partition coefficient (Wildman–Crippen LogP) is 10.8. The molecule has 4 aromatic heterocycles. The van der Waals surface area contributed by atoms with E-state index in [-0.39, 0.29) is 11.8 Å². The van der Waals surface area contributed by atoms with Gasteiger partial charge in [0.1, 0.15) is 35.9 Å². The van der Waals surface area contributed by atoms with Crippen LogP contribution in [0.2, 0.25) is 0 Å². The molecule has 0 amide bonds. The number of piperidine rings is 2. The van der Waals surface area contributed by atoms with Crippen molar-refractivity contribution in [2.24, 2.45) is 35.5 Å². The van der Waals surface area contributed by atoms with Crippen molar-refractivity contribution < 1.29 is 26.3 Å². The second-order valence-electron chi connectivity index (χ2n) is 21.3. The maximum Gasteiger partial charge on any atom is 0.416 e. The standard InChI is InChI=1S/2C27H31F3N6/c2*1-17-11-25(32-16-31-17)35-14-19-8-9-20(15-35)23(19)13-24-33-26-22(7-2-3-10-36(26)34-24)18-5-4-6-21(12-18)27(28,29)30/h2*4-6,11-12,16,19-20,22-23H,2-3,7-10,13-15H2,1H3/t2*19-,20+,22-,23?/m10/s1. The monoisotopic (exact) mass is 993 g/mol. The first kappa shape index (κ1) is 48.3. The molecule has 12 nitrogen and oxygen atoms in total. The Kier molecular flexibility index (Phi) is 13.3. The van der Waals surface area contributed by atoms with E-state index in [4.69, 9.17) is 20.2 Å². The molecule has 4 fully saturated rings. The number of halogens is 6. The van der Waals surface area contributed by atoms with Crippen LogP contribution in [-0.2, 0) is 38.3 Å². The first-order valence-corrected chi connectivity index (χ1v) is 26.0. The summed E-state index contributed by atoms with van der Waals surface area (Å²) in [6.07, 6.45) is 6.49. The summed E-state index contributed by atoms with van der Waals surface area (Å²) in [6.45, 7) is 9.47. The van der Waals surface area contributed by atoms with E-state index in [9.17, 15) is 26.3 Å². The van der Waals surface area contributed by atoms with Gasteiger partial charge in [0.05, 0.1) is 11.1 Å². The van der Waals surface area contributed by atoms with Gasteiger partial charge in [-0.2, -0.15) is 36.5 Å². The molecule has 0 spiro atoms. The predicted molar refractivity (Wildman–Crippen MR) is 259 cm³/mol. The van der Waals surface area contributed by atoms with Crippen molar-refractivity contribution in [2.75, 3.05) is 36.0 Å². The van der Waals surface area contributed by atoms with E-state index in [1.165, 1.54) is 49.9 Å². The molecule has 2 saturated heterocycles. The second-order valence-corrected chi connectivity index (χ2v) is 21.3. The number of rotatable bonds is 8. The molecule has 8 atom stereocenters. The van der Waals surface area contributed by atoms with Crippen LogP contribution in [-0.4, -0.2) is 75.6 Å². The number of aryl methyl sites for hydroxylation is 4. The molecule has 8 heterocycles. The van der Waals surface area contributed by atoms with Crippen molar-refractivity contribution in [3.8, 4) is 0 Å². The number of hydrogen-bond acceptors (Lipinski definition) is 10. The maximum atomic E-state index is 13.4. The molecule has 4 aliphatic heterocycles. The zero-order chi connectivity index (χ0) is 49.7. The number of fused-ring (bicyclic) bond motifs is 6. The van der Waals surface area contributed by atoms with Crippen molar-refractivity contribution in [1.29, 1.82) is 0 Å². The molecule has 0 radical (unpaired) electrons. The van der Waals surface area contributed by atoms with Gasteiger partial charge in [-0.1, -0.05) is 49.2 Å². The quantitative estimate of drug-likeness (QED) is 0.136. The molecule has 2 aliphatic carbocycles. The Morgan fingerprint density at radius 2 is 0.903 bits per heavy atom. The zero-order valence-corrected chi connectivity index (χ0v) is 40.9. The first-order valence-electron chi connectivity index (χ1n) is 26.0. The minimum absolute atomic E-state index is 0.157. The highest BCUT2D eigenvalue weighted by Gasteiger charge is 2.45. The van der Waals surface area contributed by atoms with Gasteiger partial charge >= 0.3 is 12.4 Å². The van der Waals surface area contributed by atoms with E-state index >= 15 is 0 Å². The number of anilines is 2. The number of benzene rings is 2. The fraction of sp³-hybridized carbons (Fsp3) is 0.556. The lowest BCUT2D eigenvalue weighted by molar-refractivity contribution is -0.138. The summed E-state index contributed by atoms with van der Waals surface area (Å²) in [4.78, 5) is 32.2. The largest absolute Gasteiger partial charge is 0.416 e. The summed E-state index contributed by atoms with van der Waals surface area (Å²) in [5.74, 6) is 8.38. The van der Waals surface area contributed by atoms with Crippen LogP contribution in [0.25, 0.3) is 0 Å². The molecule has 6 aromatic rings. The number of nitrogens with zero attached hydrogens (tertiary/aromatic N) is 12. The Morgan fingerprint density at radius 1 is 0.500 bits per heavy atom. The lowest BCUT2D eigenvalue weighted by atomic mass is 9.82. The number of hydrogen-bond donors (Lipinski definition) is 0. The fourth-order valence-corrected chi connectivity index (χ4v) is 13.2. The second kappa shape index (κ2) is 19.8. The van der Waals surface area contributed by atoms with Gasteiger partial charge in [-0.15, -0.1) is 0 Å². The topological polar surface area (TPSA) is 119 Å². The van der Waals surface area contributed by atoms with Gasteiger partial charge in [0.25, 0.3) is 0 Å². The van der Waals surface area contributed by atoms with Crippen molar-refractivity contribution >= 4 is 11.6 Å². The van der Waals surface area contributed by atoms with Gasteiger partial charge in [-0.25, -0.2) is 39.3 Å². The van der Waals surface area contributed by atoms with Crippen molar-refractivity contribution in [1.82, 2.24) is 49.5 Å². The van der Waals surface area contributed by atoms with Crippen LogP contribution in [0.4, 0.5) is 38.0 Å². The highest BCUT2D eigenvalue weighted by atomic mass is 19.4. The molecule has 2 unspecified atom stereocenters. The van der Waals surface area contributed by atoms with Gasteiger partial charge in [-0.05, 0) is 124 Å². The van der Waals surface area contributed by atoms with Gasteiger partial charge in [0, 0.05) is 87.5 Å². The van der Waals surface area contributed by atoms with Crippen LogP contribution in [0, 0.1) is 49.4 Å². The van der Waals surface area contributed by atoms with E-state index < -0.39 is 23.5 Å². The van der Waals surface area contributed by atoms with Gasteiger partial charge < -0.3 is 9.80 Å². The Balaban J connectivity index is 0.000000156. The summed E-state index contributed by atoms with van der Waals surface area (Å²) < 4.78 is 84.1. The van der Waals surface area contributed by atoms with Crippen LogP contribution in [0.1, 0.15) is 133 Å². The van der Waals surface area contributed by atoms with Crippen LogP contribution < -0.4 is 9.80 Å². The molecule has 2 aromatic carbocycles. The highest BCUT2D eigenvalue weighted by molar-refractivity contribution is 5.42. The minimum Gasteiger partial charge on any atom is -0.356 e. The van der Waals surface area contributed by atoms with Crippen LogP contribution in [0.5, 0.6) is 0 Å². The highest BCUT2D eigenvalue weighted by Crippen LogP contribution is 2.47. The third kappa shape index (κ3) is 10.2. The molecule has 0 N–H and O–H groups in total. The third-order valence-corrected chi connectivity index (χ3v) is 16.7. The Morgan fingerprint density at radius 3 is 1.28 bits per heavy atom. The van der Waals surface area contributed by atoms with E-state index in [1.807, 2.05) is 23.2 Å². The molecule has 72 heavy (non-hydrogen) atoms. The Hall–Kier alpha value is -5.94. The molecule has 12 rings (SSSR count). The molecule has 6 aliphatic rings. The molecule has 380 valence electrons. The minimum atomic E-state index is -4.35. The van der Waals surface area contributed by atoms with E-state index in [1.54, 1.807) is 24.8 Å². The van der Waals surface area contributed by atoms with Crippen molar-refractivity contribution in [3.05, 3.63) is 130 Å². The summed E-state index contributed by atoms with van der Waals surface area (Å²) in [5, 5.41) is 9.77. The molecule has 4 bridgehead atoms. The van der Waals surface area contributed by atoms with Crippen molar-refractivity contribution in [2.45, 2.75) is 128 Å². The fourth-order valence-electron chi connectivity index (χ4n) is 13.2. The Labute approximate surface area is 416 Å². The molecular formula is C54H62F6N12. The first-order chi connectivity index (χ1) is 34.7. The van der Waals surface area contributed by atoms with Crippen LogP contribution in [0.3, 0.4) is 0 Å². The third-order valence-electron chi connectivity index (χ3n) is 16.7.